The Morgan fingerprint density at radius 2 is 1.53 bits per heavy atom. The van der Waals surface area contributed by atoms with Crippen LogP contribution in [0.3, 0.4) is 0 Å². The van der Waals surface area contributed by atoms with E-state index in [1.54, 1.807) is 0 Å². The fourth-order valence-electron chi connectivity index (χ4n) is 3.53. The maximum Gasteiger partial charge on any atom is 0.143 e. The van der Waals surface area contributed by atoms with Crippen LogP contribution in [0, 0.1) is 0 Å². The van der Waals surface area contributed by atoms with Gasteiger partial charge in [0.05, 0.1) is 0 Å². The van der Waals surface area contributed by atoms with Crippen LogP contribution in [-0.2, 0) is 0 Å². The SMILES string of the molecule is NNc1cc(C2CCCC2)nc(C2CCCCC2)n1. The predicted molar refractivity (Wildman–Crippen MR) is 76.9 cm³/mol. The van der Waals surface area contributed by atoms with Gasteiger partial charge in [-0.2, -0.15) is 0 Å². The first kappa shape index (κ1) is 12.9. The summed E-state index contributed by atoms with van der Waals surface area (Å²) in [4.78, 5) is 9.48. The summed E-state index contributed by atoms with van der Waals surface area (Å²) in [5.41, 5.74) is 3.93. The van der Waals surface area contributed by atoms with Crippen LogP contribution in [0.5, 0.6) is 0 Å². The van der Waals surface area contributed by atoms with Gasteiger partial charge in [-0.05, 0) is 25.7 Å². The molecule has 0 spiro atoms. The minimum absolute atomic E-state index is 0.544. The number of nitrogen functional groups attached to an aromatic ring is 1. The third kappa shape index (κ3) is 2.89. The quantitative estimate of drug-likeness (QED) is 0.645. The zero-order valence-corrected chi connectivity index (χ0v) is 11.6. The lowest BCUT2D eigenvalue weighted by molar-refractivity contribution is 0.427. The molecular weight excluding hydrogens is 236 g/mol. The Kier molecular flexibility index (Phi) is 3.97. The van der Waals surface area contributed by atoms with Gasteiger partial charge >= 0.3 is 0 Å². The molecule has 2 aliphatic rings. The van der Waals surface area contributed by atoms with Crippen LogP contribution in [0.2, 0.25) is 0 Å². The van der Waals surface area contributed by atoms with E-state index in [1.807, 2.05) is 6.07 Å². The summed E-state index contributed by atoms with van der Waals surface area (Å²) in [6.07, 6.45) is 11.7. The number of nitrogens with zero attached hydrogens (tertiary/aromatic N) is 2. The summed E-state index contributed by atoms with van der Waals surface area (Å²) in [6.45, 7) is 0. The molecule has 4 nitrogen and oxygen atoms in total. The van der Waals surface area contributed by atoms with Crippen LogP contribution < -0.4 is 11.3 Å². The highest BCUT2D eigenvalue weighted by Crippen LogP contribution is 2.36. The van der Waals surface area contributed by atoms with Gasteiger partial charge in [-0.25, -0.2) is 15.8 Å². The van der Waals surface area contributed by atoms with Gasteiger partial charge in [0, 0.05) is 23.6 Å². The smallest absolute Gasteiger partial charge is 0.143 e. The van der Waals surface area contributed by atoms with Crippen molar-refractivity contribution in [3.63, 3.8) is 0 Å². The Labute approximate surface area is 115 Å². The largest absolute Gasteiger partial charge is 0.308 e. The normalized spacial score (nSPS) is 21.7. The maximum absolute atomic E-state index is 5.58. The number of nitrogens with two attached hydrogens (primary N) is 1. The molecule has 0 aromatic carbocycles. The fourth-order valence-corrected chi connectivity index (χ4v) is 3.53. The predicted octanol–water partition coefficient (Wildman–Crippen LogP) is 3.47. The highest BCUT2D eigenvalue weighted by Gasteiger charge is 2.23. The Morgan fingerprint density at radius 1 is 0.895 bits per heavy atom. The maximum atomic E-state index is 5.58. The second kappa shape index (κ2) is 5.87. The Bertz CT molecular complexity index is 420. The molecule has 2 saturated carbocycles. The van der Waals surface area contributed by atoms with Gasteiger partial charge in [-0.3, -0.25) is 0 Å². The van der Waals surface area contributed by atoms with E-state index in [9.17, 15) is 0 Å². The van der Waals surface area contributed by atoms with E-state index in [4.69, 9.17) is 10.8 Å². The van der Waals surface area contributed by atoms with Crippen molar-refractivity contribution >= 4 is 5.82 Å². The third-order valence-electron chi connectivity index (χ3n) is 4.65. The molecule has 3 rings (SSSR count). The van der Waals surface area contributed by atoms with Gasteiger partial charge < -0.3 is 5.43 Å². The number of hydrogen-bond acceptors (Lipinski definition) is 4. The van der Waals surface area contributed by atoms with E-state index in [2.05, 4.69) is 10.4 Å². The molecule has 0 bridgehead atoms. The van der Waals surface area contributed by atoms with Crippen molar-refractivity contribution in [2.75, 3.05) is 5.43 Å². The van der Waals surface area contributed by atoms with Crippen molar-refractivity contribution in [3.8, 4) is 0 Å². The van der Waals surface area contributed by atoms with Crippen molar-refractivity contribution in [2.45, 2.75) is 69.6 Å². The van der Waals surface area contributed by atoms with Gasteiger partial charge in [0.25, 0.3) is 0 Å². The summed E-state index contributed by atoms with van der Waals surface area (Å²) in [7, 11) is 0. The Morgan fingerprint density at radius 3 is 2.21 bits per heavy atom. The molecule has 104 valence electrons. The molecule has 0 radical (unpaired) electrons. The molecule has 2 fully saturated rings. The number of hydrazine groups is 1. The van der Waals surface area contributed by atoms with Gasteiger partial charge in [0.2, 0.25) is 0 Å². The topological polar surface area (TPSA) is 63.8 Å². The molecule has 0 amide bonds. The van der Waals surface area contributed by atoms with Crippen molar-refractivity contribution in [1.29, 1.82) is 0 Å². The highest BCUT2D eigenvalue weighted by atomic mass is 15.3. The summed E-state index contributed by atoms with van der Waals surface area (Å²) >= 11 is 0. The van der Waals surface area contributed by atoms with E-state index in [1.165, 1.54) is 63.5 Å². The van der Waals surface area contributed by atoms with Gasteiger partial charge in [-0.1, -0.05) is 32.1 Å². The molecule has 0 saturated heterocycles. The Balaban J connectivity index is 1.87. The summed E-state index contributed by atoms with van der Waals surface area (Å²) < 4.78 is 0. The Hall–Kier alpha value is -1.16. The molecule has 0 atom stereocenters. The van der Waals surface area contributed by atoms with E-state index in [0.717, 1.165) is 11.6 Å². The van der Waals surface area contributed by atoms with Crippen LogP contribution >= 0.6 is 0 Å². The van der Waals surface area contributed by atoms with E-state index >= 15 is 0 Å². The molecule has 3 N–H and O–H groups in total. The summed E-state index contributed by atoms with van der Waals surface area (Å²) in [5, 5.41) is 0. The zero-order valence-electron chi connectivity index (χ0n) is 11.6. The number of rotatable bonds is 3. The van der Waals surface area contributed by atoms with Crippen molar-refractivity contribution < 1.29 is 0 Å². The van der Waals surface area contributed by atoms with Crippen LogP contribution in [0.4, 0.5) is 5.82 Å². The number of hydrogen-bond donors (Lipinski definition) is 2. The summed E-state index contributed by atoms with van der Waals surface area (Å²) in [6, 6.07) is 2.04. The van der Waals surface area contributed by atoms with Crippen LogP contribution in [0.15, 0.2) is 6.07 Å². The van der Waals surface area contributed by atoms with E-state index in [-0.39, 0.29) is 0 Å². The minimum Gasteiger partial charge on any atom is -0.308 e. The minimum atomic E-state index is 0.544. The molecule has 0 unspecified atom stereocenters. The molecule has 1 heterocycles. The van der Waals surface area contributed by atoms with Gasteiger partial charge in [0.15, 0.2) is 0 Å². The average Bonchev–Trinajstić information content (AvgIpc) is 3.02. The van der Waals surface area contributed by atoms with Crippen LogP contribution in [-0.4, -0.2) is 9.97 Å². The van der Waals surface area contributed by atoms with Gasteiger partial charge in [-0.15, -0.1) is 0 Å². The standard InChI is InChI=1S/C15H24N4/c16-19-14-10-13(11-6-4-5-7-11)17-15(18-14)12-8-2-1-3-9-12/h10-12H,1-9,16H2,(H,17,18,19). The van der Waals surface area contributed by atoms with Crippen molar-refractivity contribution in [1.82, 2.24) is 9.97 Å². The first-order valence-corrected chi connectivity index (χ1v) is 7.72. The number of aromatic nitrogens is 2. The fraction of sp³-hybridized carbons (Fsp3) is 0.733. The monoisotopic (exact) mass is 260 g/mol. The second-order valence-electron chi connectivity index (χ2n) is 6.00. The first-order chi connectivity index (χ1) is 9.36. The lowest BCUT2D eigenvalue weighted by Crippen LogP contribution is -2.15. The van der Waals surface area contributed by atoms with E-state index in [0.29, 0.717) is 11.8 Å². The highest BCUT2D eigenvalue weighted by molar-refractivity contribution is 5.36. The molecule has 0 aliphatic heterocycles. The second-order valence-corrected chi connectivity index (χ2v) is 6.00. The zero-order chi connectivity index (χ0) is 13.1. The van der Waals surface area contributed by atoms with Crippen molar-refractivity contribution in [3.05, 3.63) is 17.6 Å². The lowest BCUT2D eigenvalue weighted by atomic mass is 9.88. The molecule has 1 aromatic rings. The lowest BCUT2D eigenvalue weighted by Gasteiger charge is -2.22. The molecule has 19 heavy (non-hydrogen) atoms. The van der Waals surface area contributed by atoms with Gasteiger partial charge in [0.1, 0.15) is 11.6 Å². The van der Waals surface area contributed by atoms with E-state index < -0.39 is 0 Å². The van der Waals surface area contributed by atoms with Crippen LogP contribution in [0.1, 0.15) is 81.1 Å². The molecule has 1 aromatic heterocycles. The molecule has 2 aliphatic carbocycles. The molecule has 4 heteroatoms. The summed E-state index contributed by atoms with van der Waals surface area (Å²) in [5.74, 6) is 8.56. The van der Waals surface area contributed by atoms with Crippen molar-refractivity contribution in [2.24, 2.45) is 5.84 Å². The average molecular weight is 260 g/mol. The number of anilines is 1. The first-order valence-electron chi connectivity index (χ1n) is 7.72. The van der Waals surface area contributed by atoms with Crippen LogP contribution in [0.25, 0.3) is 0 Å². The number of nitrogens with one attached hydrogen (secondary N) is 1. The third-order valence-corrected chi connectivity index (χ3v) is 4.65. The molecular formula is C15H24N4.